The SMILES string of the molecule is CCC(CO)C(=O)Nc1ccn[nH]1. The van der Waals surface area contributed by atoms with Gasteiger partial charge in [0.15, 0.2) is 0 Å². The van der Waals surface area contributed by atoms with Gasteiger partial charge in [-0.25, -0.2) is 0 Å². The molecule has 0 spiro atoms. The van der Waals surface area contributed by atoms with Crippen molar-refractivity contribution in [1.29, 1.82) is 0 Å². The van der Waals surface area contributed by atoms with Crippen LogP contribution in [0.25, 0.3) is 0 Å². The van der Waals surface area contributed by atoms with Crippen molar-refractivity contribution < 1.29 is 9.90 Å². The first-order valence-electron chi connectivity index (χ1n) is 4.19. The fraction of sp³-hybridized carbons (Fsp3) is 0.500. The summed E-state index contributed by atoms with van der Waals surface area (Å²) in [6.45, 7) is 1.73. The minimum atomic E-state index is -0.344. The number of carbonyl (C=O) groups excluding carboxylic acids is 1. The Bertz CT molecular complexity index is 254. The number of anilines is 1. The summed E-state index contributed by atoms with van der Waals surface area (Å²) < 4.78 is 0. The molecule has 0 saturated carbocycles. The second kappa shape index (κ2) is 4.61. The first kappa shape index (κ1) is 9.73. The molecule has 1 heterocycles. The van der Waals surface area contributed by atoms with Crippen LogP contribution in [0.5, 0.6) is 0 Å². The van der Waals surface area contributed by atoms with E-state index in [1.165, 1.54) is 0 Å². The molecule has 0 aromatic carbocycles. The van der Waals surface area contributed by atoms with Gasteiger partial charge in [-0.1, -0.05) is 6.92 Å². The number of aromatic amines is 1. The van der Waals surface area contributed by atoms with Gasteiger partial charge >= 0.3 is 0 Å². The molecule has 0 aliphatic rings. The van der Waals surface area contributed by atoms with Crippen molar-refractivity contribution in [3.63, 3.8) is 0 Å². The number of nitrogens with one attached hydrogen (secondary N) is 2. The highest BCUT2D eigenvalue weighted by molar-refractivity contribution is 5.91. The molecule has 1 aromatic heterocycles. The van der Waals surface area contributed by atoms with Crippen molar-refractivity contribution in [1.82, 2.24) is 10.2 Å². The van der Waals surface area contributed by atoms with Gasteiger partial charge in [-0.05, 0) is 6.42 Å². The van der Waals surface area contributed by atoms with Gasteiger partial charge in [0.1, 0.15) is 5.82 Å². The summed E-state index contributed by atoms with van der Waals surface area (Å²) in [5.41, 5.74) is 0. The van der Waals surface area contributed by atoms with E-state index in [2.05, 4.69) is 15.5 Å². The smallest absolute Gasteiger partial charge is 0.230 e. The Morgan fingerprint density at radius 2 is 2.62 bits per heavy atom. The van der Waals surface area contributed by atoms with Gasteiger partial charge in [0, 0.05) is 6.07 Å². The summed E-state index contributed by atoms with van der Waals surface area (Å²) in [5, 5.41) is 17.7. The molecule has 1 unspecified atom stereocenters. The van der Waals surface area contributed by atoms with E-state index in [0.29, 0.717) is 12.2 Å². The molecule has 0 fully saturated rings. The highest BCUT2D eigenvalue weighted by atomic mass is 16.3. The summed E-state index contributed by atoms with van der Waals surface area (Å²) in [5.74, 6) is 0.0226. The van der Waals surface area contributed by atoms with Gasteiger partial charge in [-0.2, -0.15) is 5.10 Å². The molecule has 3 N–H and O–H groups in total. The van der Waals surface area contributed by atoms with Crippen LogP contribution in [0, 0.1) is 5.92 Å². The minimum absolute atomic E-state index is 0.129. The third-order valence-electron chi connectivity index (χ3n) is 1.84. The molecule has 0 aliphatic carbocycles. The van der Waals surface area contributed by atoms with Crippen LogP contribution in [0.15, 0.2) is 12.3 Å². The normalized spacial score (nSPS) is 12.5. The predicted octanol–water partition coefficient (Wildman–Crippen LogP) is 0.367. The molecule has 13 heavy (non-hydrogen) atoms. The van der Waals surface area contributed by atoms with E-state index < -0.39 is 0 Å². The molecule has 0 saturated heterocycles. The fourth-order valence-corrected chi connectivity index (χ4v) is 0.958. The van der Waals surface area contributed by atoms with Crippen LogP contribution >= 0.6 is 0 Å². The maximum absolute atomic E-state index is 11.4. The predicted molar refractivity (Wildman–Crippen MR) is 48.1 cm³/mol. The zero-order valence-corrected chi connectivity index (χ0v) is 7.45. The molecular weight excluding hydrogens is 170 g/mol. The summed E-state index contributed by atoms with van der Waals surface area (Å²) in [6, 6.07) is 1.65. The minimum Gasteiger partial charge on any atom is -0.396 e. The molecule has 1 aromatic rings. The number of rotatable bonds is 4. The molecule has 0 aliphatic heterocycles. The molecule has 72 valence electrons. The first-order valence-corrected chi connectivity index (χ1v) is 4.19. The summed E-state index contributed by atoms with van der Waals surface area (Å²) in [6.07, 6.45) is 2.17. The van der Waals surface area contributed by atoms with E-state index in [1.807, 2.05) is 6.92 Å². The highest BCUT2D eigenvalue weighted by Gasteiger charge is 2.15. The summed E-state index contributed by atoms with van der Waals surface area (Å²) >= 11 is 0. The summed E-state index contributed by atoms with van der Waals surface area (Å²) in [7, 11) is 0. The van der Waals surface area contributed by atoms with Crippen LogP contribution in [0.3, 0.4) is 0 Å². The van der Waals surface area contributed by atoms with Gasteiger partial charge in [0.2, 0.25) is 5.91 Å². The van der Waals surface area contributed by atoms with Crippen LogP contribution in [-0.2, 0) is 4.79 Å². The topological polar surface area (TPSA) is 78.0 Å². The van der Waals surface area contributed by atoms with Crippen molar-refractivity contribution in [3.8, 4) is 0 Å². The highest BCUT2D eigenvalue weighted by Crippen LogP contribution is 2.06. The number of aromatic nitrogens is 2. The van der Waals surface area contributed by atoms with E-state index in [9.17, 15) is 4.79 Å². The average Bonchev–Trinajstić information content (AvgIpc) is 2.59. The molecule has 1 amide bonds. The summed E-state index contributed by atoms with van der Waals surface area (Å²) in [4.78, 5) is 11.4. The lowest BCUT2D eigenvalue weighted by Crippen LogP contribution is -2.25. The van der Waals surface area contributed by atoms with E-state index in [-0.39, 0.29) is 18.4 Å². The molecule has 0 bridgehead atoms. The van der Waals surface area contributed by atoms with E-state index in [4.69, 9.17) is 5.11 Å². The Kier molecular flexibility index (Phi) is 3.45. The lowest BCUT2D eigenvalue weighted by atomic mass is 10.1. The van der Waals surface area contributed by atoms with Gasteiger partial charge in [-0.15, -0.1) is 0 Å². The number of nitrogens with zero attached hydrogens (tertiary/aromatic N) is 1. The Labute approximate surface area is 76.2 Å². The number of aliphatic hydroxyl groups excluding tert-OH is 1. The first-order chi connectivity index (χ1) is 6.27. The van der Waals surface area contributed by atoms with Gasteiger partial charge in [0.25, 0.3) is 0 Å². The zero-order valence-electron chi connectivity index (χ0n) is 7.45. The Balaban J connectivity index is 2.49. The van der Waals surface area contributed by atoms with Crippen molar-refractivity contribution in [2.75, 3.05) is 11.9 Å². The van der Waals surface area contributed by atoms with Crippen LogP contribution in [-0.4, -0.2) is 27.8 Å². The third-order valence-corrected chi connectivity index (χ3v) is 1.84. The molecule has 1 atom stereocenters. The monoisotopic (exact) mass is 183 g/mol. The van der Waals surface area contributed by atoms with Crippen molar-refractivity contribution in [2.45, 2.75) is 13.3 Å². The number of hydrogen-bond donors (Lipinski definition) is 3. The van der Waals surface area contributed by atoms with Gasteiger partial charge in [-0.3, -0.25) is 9.89 Å². The fourth-order valence-electron chi connectivity index (χ4n) is 0.958. The third kappa shape index (κ3) is 2.55. The number of hydrogen-bond acceptors (Lipinski definition) is 3. The van der Waals surface area contributed by atoms with Crippen molar-refractivity contribution >= 4 is 11.7 Å². The Morgan fingerprint density at radius 3 is 3.08 bits per heavy atom. The number of aliphatic hydroxyl groups is 1. The second-order valence-electron chi connectivity index (χ2n) is 2.75. The maximum Gasteiger partial charge on any atom is 0.230 e. The molecule has 5 nitrogen and oxygen atoms in total. The average molecular weight is 183 g/mol. The standard InChI is InChI=1S/C8H13N3O2/c1-2-6(5-12)8(13)10-7-3-4-9-11-7/h3-4,6,12H,2,5H2,1H3,(H2,9,10,11,13). The van der Waals surface area contributed by atoms with Crippen molar-refractivity contribution in [2.24, 2.45) is 5.92 Å². The quantitative estimate of drug-likeness (QED) is 0.631. The molecular formula is C8H13N3O2. The van der Waals surface area contributed by atoms with E-state index in [0.717, 1.165) is 0 Å². The van der Waals surface area contributed by atoms with Crippen LogP contribution < -0.4 is 5.32 Å². The van der Waals surface area contributed by atoms with E-state index >= 15 is 0 Å². The maximum atomic E-state index is 11.4. The molecule has 1 rings (SSSR count). The Morgan fingerprint density at radius 1 is 1.85 bits per heavy atom. The molecule has 5 heteroatoms. The lowest BCUT2D eigenvalue weighted by molar-refractivity contribution is -0.121. The lowest BCUT2D eigenvalue weighted by Gasteiger charge is -2.10. The van der Waals surface area contributed by atoms with E-state index in [1.54, 1.807) is 12.3 Å². The van der Waals surface area contributed by atoms with Crippen molar-refractivity contribution in [3.05, 3.63) is 12.3 Å². The van der Waals surface area contributed by atoms with Crippen LogP contribution in [0.1, 0.15) is 13.3 Å². The van der Waals surface area contributed by atoms with Gasteiger partial charge in [0.05, 0.1) is 18.7 Å². The zero-order chi connectivity index (χ0) is 9.68. The largest absolute Gasteiger partial charge is 0.396 e. The number of H-pyrrole nitrogens is 1. The van der Waals surface area contributed by atoms with Gasteiger partial charge < -0.3 is 10.4 Å². The second-order valence-corrected chi connectivity index (χ2v) is 2.75. The van der Waals surface area contributed by atoms with Crippen LogP contribution in [0.2, 0.25) is 0 Å². The molecule has 0 radical (unpaired) electrons. The number of amides is 1. The Hall–Kier alpha value is -1.36. The number of carbonyl (C=O) groups is 1. The van der Waals surface area contributed by atoms with Crippen LogP contribution in [0.4, 0.5) is 5.82 Å².